The van der Waals surface area contributed by atoms with E-state index >= 15 is 0 Å². The van der Waals surface area contributed by atoms with Gasteiger partial charge in [-0.25, -0.2) is 8.42 Å². The molecule has 126 valence electrons. The van der Waals surface area contributed by atoms with Gasteiger partial charge >= 0.3 is 0 Å². The third-order valence-electron chi connectivity index (χ3n) is 4.50. The highest BCUT2D eigenvalue weighted by molar-refractivity contribution is 8.00. The minimum Gasteiger partial charge on any atom is -0.341 e. The van der Waals surface area contributed by atoms with Crippen LogP contribution in [0.15, 0.2) is 23.1 Å². The van der Waals surface area contributed by atoms with Crippen LogP contribution in [0.3, 0.4) is 0 Å². The number of aryl methyl sites for hydroxylation is 2. The van der Waals surface area contributed by atoms with E-state index in [-0.39, 0.29) is 5.91 Å². The van der Waals surface area contributed by atoms with Gasteiger partial charge in [-0.3, -0.25) is 4.79 Å². The van der Waals surface area contributed by atoms with E-state index in [1.165, 1.54) is 16.1 Å². The second kappa shape index (κ2) is 6.11. The first-order chi connectivity index (χ1) is 10.8. The molecule has 1 aromatic carbocycles. The third-order valence-corrected chi connectivity index (χ3v) is 7.67. The quantitative estimate of drug-likeness (QED) is 0.830. The molecule has 7 heteroatoms. The molecule has 1 unspecified atom stereocenters. The highest BCUT2D eigenvalue weighted by Gasteiger charge is 2.43. The standard InChI is InChI=1S/C16H22N2O3S2/c1-11-4-5-12(2)15(8-11)23(20,21)18-10-22-9-14(18)16(19)17(3)13-6-7-13/h4-5,8,13-14H,6-7,9-10H2,1-3H3. The van der Waals surface area contributed by atoms with Gasteiger partial charge in [-0.05, 0) is 43.9 Å². The van der Waals surface area contributed by atoms with Crippen molar-refractivity contribution in [1.82, 2.24) is 9.21 Å². The lowest BCUT2D eigenvalue weighted by Gasteiger charge is -2.27. The van der Waals surface area contributed by atoms with Crippen LogP contribution in [0.5, 0.6) is 0 Å². The van der Waals surface area contributed by atoms with E-state index in [2.05, 4.69) is 0 Å². The Hall–Kier alpha value is -1.05. The number of hydrogen-bond acceptors (Lipinski definition) is 4. The summed E-state index contributed by atoms with van der Waals surface area (Å²) in [6.45, 7) is 3.67. The summed E-state index contributed by atoms with van der Waals surface area (Å²) >= 11 is 1.50. The van der Waals surface area contributed by atoms with Gasteiger partial charge in [0.25, 0.3) is 0 Å². The van der Waals surface area contributed by atoms with Crippen molar-refractivity contribution in [2.45, 2.75) is 43.7 Å². The minimum atomic E-state index is -3.66. The van der Waals surface area contributed by atoms with Crippen molar-refractivity contribution in [3.63, 3.8) is 0 Å². The lowest BCUT2D eigenvalue weighted by Crippen LogP contribution is -2.48. The molecular weight excluding hydrogens is 332 g/mol. The normalized spacial score (nSPS) is 22.3. The molecule has 3 rings (SSSR count). The van der Waals surface area contributed by atoms with Crippen LogP contribution in [0.25, 0.3) is 0 Å². The van der Waals surface area contributed by atoms with E-state index in [4.69, 9.17) is 0 Å². The van der Waals surface area contributed by atoms with Crippen LogP contribution in [0.4, 0.5) is 0 Å². The number of carbonyl (C=O) groups excluding carboxylic acids is 1. The molecule has 2 aliphatic rings. The third kappa shape index (κ3) is 3.14. The first-order valence-electron chi connectivity index (χ1n) is 7.76. The van der Waals surface area contributed by atoms with Gasteiger partial charge in [0, 0.05) is 18.8 Å². The second-order valence-corrected chi connectivity index (χ2v) is 9.22. The topological polar surface area (TPSA) is 57.7 Å². The van der Waals surface area contributed by atoms with Gasteiger partial charge in [-0.2, -0.15) is 4.31 Å². The Labute approximate surface area is 142 Å². The highest BCUT2D eigenvalue weighted by Crippen LogP contribution is 2.33. The van der Waals surface area contributed by atoms with Crippen LogP contribution in [0.2, 0.25) is 0 Å². The number of likely N-dealkylation sites (N-methyl/N-ethyl adjacent to an activating group) is 1. The first kappa shape index (κ1) is 16.8. The van der Waals surface area contributed by atoms with Crippen molar-refractivity contribution < 1.29 is 13.2 Å². The van der Waals surface area contributed by atoms with Crippen LogP contribution in [0.1, 0.15) is 24.0 Å². The maximum atomic E-state index is 13.1. The van der Waals surface area contributed by atoms with Crippen molar-refractivity contribution in [3.8, 4) is 0 Å². The lowest BCUT2D eigenvalue weighted by atomic mass is 10.2. The van der Waals surface area contributed by atoms with Crippen LogP contribution < -0.4 is 0 Å². The van der Waals surface area contributed by atoms with E-state index in [9.17, 15) is 13.2 Å². The van der Waals surface area contributed by atoms with E-state index in [1.807, 2.05) is 19.1 Å². The summed E-state index contributed by atoms with van der Waals surface area (Å²) in [5.41, 5.74) is 1.62. The van der Waals surface area contributed by atoms with Gasteiger partial charge in [0.15, 0.2) is 0 Å². The van der Waals surface area contributed by atoms with Crippen LogP contribution in [-0.2, 0) is 14.8 Å². The van der Waals surface area contributed by atoms with Gasteiger partial charge in [-0.1, -0.05) is 12.1 Å². The molecule has 1 saturated heterocycles. The maximum Gasteiger partial charge on any atom is 0.244 e. The molecular formula is C16H22N2O3S2. The fourth-order valence-electron chi connectivity index (χ4n) is 2.85. The summed E-state index contributed by atoms with van der Waals surface area (Å²) in [7, 11) is -1.88. The van der Waals surface area contributed by atoms with E-state index in [1.54, 1.807) is 24.9 Å². The molecule has 0 bridgehead atoms. The number of carbonyl (C=O) groups is 1. The summed E-state index contributed by atoms with van der Waals surface area (Å²) in [6.07, 6.45) is 2.04. The number of rotatable bonds is 4. The van der Waals surface area contributed by atoms with E-state index in [0.29, 0.717) is 28.1 Å². The average Bonchev–Trinajstić information content (AvgIpc) is 3.24. The number of sulfonamides is 1. The highest BCUT2D eigenvalue weighted by atomic mass is 32.2. The summed E-state index contributed by atoms with van der Waals surface area (Å²) in [6, 6.07) is 5.11. The van der Waals surface area contributed by atoms with Gasteiger partial charge in [0.1, 0.15) is 6.04 Å². The van der Waals surface area contributed by atoms with Crippen molar-refractivity contribution in [1.29, 1.82) is 0 Å². The molecule has 0 N–H and O–H groups in total. The zero-order chi connectivity index (χ0) is 16.8. The number of hydrogen-bond donors (Lipinski definition) is 0. The number of thioether (sulfide) groups is 1. The number of amides is 1. The van der Waals surface area contributed by atoms with E-state index < -0.39 is 16.1 Å². The van der Waals surface area contributed by atoms with Crippen LogP contribution in [0, 0.1) is 13.8 Å². The average molecular weight is 354 g/mol. The van der Waals surface area contributed by atoms with Gasteiger partial charge in [0.05, 0.1) is 10.8 Å². The molecule has 1 aliphatic carbocycles. The summed E-state index contributed by atoms with van der Waals surface area (Å²) < 4.78 is 27.5. The van der Waals surface area contributed by atoms with Crippen molar-refractivity contribution >= 4 is 27.7 Å². The molecule has 1 atom stereocenters. The molecule has 1 aromatic rings. The largest absolute Gasteiger partial charge is 0.341 e. The lowest BCUT2D eigenvalue weighted by molar-refractivity contribution is -0.133. The fourth-order valence-corrected chi connectivity index (χ4v) is 6.29. The Kier molecular flexibility index (Phi) is 4.46. The minimum absolute atomic E-state index is 0.0774. The molecule has 5 nitrogen and oxygen atoms in total. The maximum absolute atomic E-state index is 13.1. The van der Waals surface area contributed by atoms with Gasteiger partial charge < -0.3 is 4.90 Å². The fraction of sp³-hybridized carbons (Fsp3) is 0.562. The zero-order valence-corrected chi connectivity index (χ0v) is 15.3. The Morgan fingerprint density at radius 3 is 2.65 bits per heavy atom. The molecule has 0 radical (unpaired) electrons. The van der Waals surface area contributed by atoms with Crippen molar-refractivity contribution in [2.24, 2.45) is 0 Å². The molecule has 0 spiro atoms. The van der Waals surface area contributed by atoms with Crippen molar-refractivity contribution in [2.75, 3.05) is 18.7 Å². The molecule has 23 heavy (non-hydrogen) atoms. The monoisotopic (exact) mass is 354 g/mol. The number of nitrogens with zero attached hydrogens (tertiary/aromatic N) is 2. The van der Waals surface area contributed by atoms with E-state index in [0.717, 1.165) is 18.4 Å². The summed E-state index contributed by atoms with van der Waals surface area (Å²) in [4.78, 5) is 14.7. The summed E-state index contributed by atoms with van der Waals surface area (Å²) in [5, 5.41) is 0. The van der Waals surface area contributed by atoms with Gasteiger partial charge in [0.2, 0.25) is 15.9 Å². The Bertz CT molecular complexity index is 729. The molecule has 0 aromatic heterocycles. The predicted molar refractivity (Wildman–Crippen MR) is 91.8 cm³/mol. The molecule has 1 heterocycles. The molecule has 1 saturated carbocycles. The SMILES string of the molecule is Cc1ccc(C)c(S(=O)(=O)N2CSCC2C(=O)N(C)C2CC2)c1. The van der Waals surface area contributed by atoms with Crippen molar-refractivity contribution in [3.05, 3.63) is 29.3 Å². The first-order valence-corrected chi connectivity index (χ1v) is 10.4. The Morgan fingerprint density at radius 2 is 2.00 bits per heavy atom. The molecule has 1 amide bonds. The van der Waals surface area contributed by atoms with Gasteiger partial charge in [-0.15, -0.1) is 11.8 Å². The Balaban J connectivity index is 1.91. The molecule has 2 fully saturated rings. The smallest absolute Gasteiger partial charge is 0.244 e. The Morgan fingerprint density at radius 1 is 1.30 bits per heavy atom. The molecule has 1 aliphatic heterocycles. The zero-order valence-electron chi connectivity index (χ0n) is 13.7. The number of benzene rings is 1. The summed E-state index contributed by atoms with van der Waals surface area (Å²) in [5.74, 6) is 0.788. The van der Waals surface area contributed by atoms with Crippen LogP contribution in [-0.4, -0.2) is 54.3 Å². The predicted octanol–water partition coefficient (Wildman–Crippen LogP) is 1.99. The van der Waals surface area contributed by atoms with Crippen LogP contribution >= 0.6 is 11.8 Å². The second-order valence-electron chi connectivity index (χ2n) is 6.36.